The summed E-state index contributed by atoms with van der Waals surface area (Å²) in [7, 11) is 0. The van der Waals surface area contributed by atoms with E-state index in [1.807, 2.05) is 0 Å². The van der Waals surface area contributed by atoms with Gasteiger partial charge in [-0.25, -0.2) is 0 Å². The molecule has 1 aliphatic heterocycles. The second-order valence-electron chi connectivity index (χ2n) is 12.5. The van der Waals surface area contributed by atoms with Crippen molar-refractivity contribution in [3.05, 3.63) is 229 Å². The zero-order chi connectivity index (χ0) is 32.6. The minimum absolute atomic E-state index is 0.546. The van der Waals surface area contributed by atoms with Gasteiger partial charge < -0.3 is 9.80 Å². The van der Waals surface area contributed by atoms with Crippen LogP contribution in [0.5, 0.6) is 0 Å². The molecule has 1 aliphatic rings. The first-order valence-electron chi connectivity index (χ1n) is 16.9. The van der Waals surface area contributed by atoms with E-state index in [9.17, 15) is 0 Å². The van der Waals surface area contributed by atoms with Gasteiger partial charge in [0.2, 0.25) is 0 Å². The third kappa shape index (κ3) is 4.64. The normalized spacial score (nSPS) is 13.0. The molecule has 232 valence electrons. The molecule has 0 aliphatic carbocycles. The number of anilines is 6. The maximum Gasteiger partial charge on any atom is 0.0742 e. The van der Waals surface area contributed by atoms with Crippen LogP contribution in [0.3, 0.4) is 0 Å². The van der Waals surface area contributed by atoms with Crippen molar-refractivity contribution in [2.24, 2.45) is 0 Å². The van der Waals surface area contributed by atoms with Crippen LogP contribution in [-0.4, -0.2) is 0 Å². The largest absolute Gasteiger partial charge is 0.310 e. The van der Waals surface area contributed by atoms with Crippen molar-refractivity contribution in [2.75, 3.05) is 9.80 Å². The molecule has 2 nitrogen and oxygen atoms in total. The molecule has 0 spiro atoms. The van der Waals surface area contributed by atoms with Gasteiger partial charge in [-0.1, -0.05) is 158 Å². The average Bonchev–Trinajstić information content (AvgIpc) is 3.18. The Morgan fingerprint density at radius 2 is 0.939 bits per heavy atom. The lowest BCUT2D eigenvalue weighted by molar-refractivity contribution is 0.731. The van der Waals surface area contributed by atoms with E-state index in [1.54, 1.807) is 0 Å². The SMILES string of the molecule is c1ccc(N2c3ccccc3C(c3ccccc3)(c3ccccc3)c3ccc(N(c4ccccc4)c4cccc5ccccc45)cc32)cc1. The van der Waals surface area contributed by atoms with Crippen LogP contribution in [-0.2, 0) is 5.41 Å². The molecule has 2 heteroatoms. The number of hydrogen-bond acceptors (Lipinski definition) is 2. The molecule has 0 saturated carbocycles. The number of hydrogen-bond donors (Lipinski definition) is 0. The Morgan fingerprint density at radius 1 is 0.388 bits per heavy atom. The van der Waals surface area contributed by atoms with Crippen LogP contribution in [0.15, 0.2) is 206 Å². The first-order chi connectivity index (χ1) is 24.3. The van der Waals surface area contributed by atoms with Crippen LogP contribution in [0.25, 0.3) is 10.8 Å². The van der Waals surface area contributed by atoms with E-state index >= 15 is 0 Å². The molecule has 0 unspecified atom stereocenters. The van der Waals surface area contributed by atoms with Crippen LogP contribution >= 0.6 is 0 Å². The topological polar surface area (TPSA) is 6.48 Å². The van der Waals surface area contributed by atoms with Gasteiger partial charge in [0, 0.05) is 22.4 Å². The third-order valence-electron chi connectivity index (χ3n) is 9.88. The summed E-state index contributed by atoms with van der Waals surface area (Å²) in [6.07, 6.45) is 0. The number of fused-ring (bicyclic) bond motifs is 3. The minimum Gasteiger partial charge on any atom is -0.310 e. The smallest absolute Gasteiger partial charge is 0.0742 e. The second kappa shape index (κ2) is 12.0. The molecule has 49 heavy (non-hydrogen) atoms. The van der Waals surface area contributed by atoms with E-state index in [1.165, 1.54) is 38.7 Å². The molecule has 8 aromatic carbocycles. The summed E-state index contributed by atoms with van der Waals surface area (Å²) in [5.41, 5.74) is 11.2. The highest BCUT2D eigenvalue weighted by Crippen LogP contribution is 2.58. The van der Waals surface area contributed by atoms with Gasteiger partial charge in [-0.05, 0) is 76.2 Å². The Kier molecular flexibility index (Phi) is 7.06. The lowest BCUT2D eigenvalue weighted by Crippen LogP contribution is -2.37. The van der Waals surface area contributed by atoms with Crippen molar-refractivity contribution in [3.8, 4) is 0 Å². The van der Waals surface area contributed by atoms with Gasteiger partial charge in [0.25, 0.3) is 0 Å². The lowest BCUT2D eigenvalue weighted by Gasteiger charge is -2.47. The molecule has 1 heterocycles. The molecule has 0 amide bonds. The average molecular weight is 627 g/mol. The third-order valence-corrected chi connectivity index (χ3v) is 9.88. The Labute approximate surface area is 287 Å². The van der Waals surface area contributed by atoms with Crippen LogP contribution in [0.1, 0.15) is 22.3 Å². The Bertz CT molecular complexity index is 2340. The molecular weight excluding hydrogens is 593 g/mol. The van der Waals surface area contributed by atoms with E-state index in [2.05, 4.69) is 216 Å². The van der Waals surface area contributed by atoms with Gasteiger partial charge in [0.15, 0.2) is 0 Å². The Morgan fingerprint density at radius 3 is 1.65 bits per heavy atom. The summed E-state index contributed by atoms with van der Waals surface area (Å²) >= 11 is 0. The van der Waals surface area contributed by atoms with E-state index in [0.717, 1.165) is 28.4 Å². The first kappa shape index (κ1) is 28.8. The first-order valence-corrected chi connectivity index (χ1v) is 16.9. The minimum atomic E-state index is -0.546. The second-order valence-corrected chi connectivity index (χ2v) is 12.5. The van der Waals surface area contributed by atoms with Gasteiger partial charge in [-0.2, -0.15) is 0 Å². The lowest BCUT2D eigenvalue weighted by atomic mass is 9.62. The zero-order valence-electron chi connectivity index (χ0n) is 27.0. The van der Waals surface area contributed by atoms with Crippen LogP contribution in [0, 0.1) is 0 Å². The molecular formula is C47H34N2. The molecule has 0 fully saturated rings. The molecule has 0 bridgehead atoms. The number of benzene rings is 8. The summed E-state index contributed by atoms with van der Waals surface area (Å²) in [5.74, 6) is 0. The van der Waals surface area contributed by atoms with Crippen molar-refractivity contribution in [2.45, 2.75) is 5.41 Å². The van der Waals surface area contributed by atoms with Crippen LogP contribution < -0.4 is 9.80 Å². The molecule has 0 N–H and O–H groups in total. The highest BCUT2D eigenvalue weighted by atomic mass is 15.2. The van der Waals surface area contributed by atoms with Crippen LogP contribution in [0.4, 0.5) is 34.1 Å². The predicted molar refractivity (Wildman–Crippen MR) is 205 cm³/mol. The standard InChI is InChI=1S/C47H34N2/c1-5-20-36(21-6-1)47(37-22-7-2-8-23-37)42-29-15-16-30-45(42)49(39-26-11-4-12-27-39)46-34-40(32-33-43(46)47)48(38-24-9-3-10-25-38)44-31-17-19-35-18-13-14-28-41(35)44/h1-34H. The molecule has 0 saturated heterocycles. The van der Waals surface area contributed by atoms with Gasteiger partial charge in [0.05, 0.1) is 22.5 Å². The number of rotatable bonds is 6. The Hall–Kier alpha value is -6.38. The quantitative estimate of drug-likeness (QED) is 0.181. The van der Waals surface area contributed by atoms with Crippen molar-refractivity contribution in [1.82, 2.24) is 0 Å². The fraction of sp³-hybridized carbons (Fsp3) is 0.0213. The van der Waals surface area contributed by atoms with E-state index in [-0.39, 0.29) is 0 Å². The fourth-order valence-corrected chi connectivity index (χ4v) is 7.85. The van der Waals surface area contributed by atoms with Gasteiger partial charge in [-0.15, -0.1) is 0 Å². The molecule has 0 atom stereocenters. The van der Waals surface area contributed by atoms with E-state index in [4.69, 9.17) is 0 Å². The Balaban J connectivity index is 1.39. The van der Waals surface area contributed by atoms with Crippen molar-refractivity contribution >= 4 is 44.9 Å². The van der Waals surface area contributed by atoms with Crippen LogP contribution in [0.2, 0.25) is 0 Å². The number of nitrogens with zero attached hydrogens (tertiary/aromatic N) is 2. The predicted octanol–water partition coefficient (Wildman–Crippen LogP) is 12.5. The van der Waals surface area contributed by atoms with Crippen molar-refractivity contribution in [3.63, 3.8) is 0 Å². The zero-order valence-corrected chi connectivity index (χ0v) is 27.0. The van der Waals surface area contributed by atoms with Crippen molar-refractivity contribution in [1.29, 1.82) is 0 Å². The summed E-state index contributed by atoms with van der Waals surface area (Å²) in [6.45, 7) is 0. The van der Waals surface area contributed by atoms with Crippen molar-refractivity contribution < 1.29 is 0 Å². The van der Waals surface area contributed by atoms with E-state index in [0.29, 0.717) is 0 Å². The molecule has 8 aromatic rings. The summed E-state index contributed by atoms with van der Waals surface area (Å²) in [6, 6.07) is 74.8. The molecule has 0 aromatic heterocycles. The monoisotopic (exact) mass is 626 g/mol. The van der Waals surface area contributed by atoms with E-state index < -0.39 is 5.41 Å². The molecule has 9 rings (SSSR count). The summed E-state index contributed by atoms with van der Waals surface area (Å²) in [4.78, 5) is 4.85. The highest BCUT2D eigenvalue weighted by Gasteiger charge is 2.46. The summed E-state index contributed by atoms with van der Waals surface area (Å²) < 4.78 is 0. The fourth-order valence-electron chi connectivity index (χ4n) is 7.85. The van der Waals surface area contributed by atoms with Gasteiger partial charge in [0.1, 0.15) is 0 Å². The maximum atomic E-state index is 2.45. The number of para-hydroxylation sites is 3. The summed E-state index contributed by atoms with van der Waals surface area (Å²) in [5, 5.41) is 2.42. The maximum absolute atomic E-state index is 2.45. The highest BCUT2D eigenvalue weighted by molar-refractivity contribution is 6.00. The van der Waals surface area contributed by atoms with Gasteiger partial charge >= 0.3 is 0 Å². The van der Waals surface area contributed by atoms with Gasteiger partial charge in [-0.3, -0.25) is 0 Å². The molecule has 0 radical (unpaired) electrons.